The van der Waals surface area contributed by atoms with Crippen molar-refractivity contribution in [1.29, 1.82) is 0 Å². The Morgan fingerprint density at radius 2 is 2.20 bits per heavy atom. The number of hydrogen-bond acceptors (Lipinski definition) is 4. The number of alkyl carbamates (subject to hydrolysis) is 1. The summed E-state index contributed by atoms with van der Waals surface area (Å²) in [4.78, 5) is 11.5. The standard InChI is InChI=1S/C14H16INO3S/c1-14(2,3)19-13(18)16-9-11-5-4-10(6-7-20-15)8-12(11)17/h4-5,8,17H,9H2,1-3H3,(H,16,18). The number of phenolic OH excluding ortho intramolecular Hbond substituents is 1. The number of amides is 1. The summed E-state index contributed by atoms with van der Waals surface area (Å²) in [6.07, 6.45) is -0.512. The van der Waals surface area contributed by atoms with Gasteiger partial charge in [-0.15, -0.1) is 0 Å². The summed E-state index contributed by atoms with van der Waals surface area (Å²) in [5.74, 6) is 2.99. The van der Waals surface area contributed by atoms with Crippen LogP contribution in [0.5, 0.6) is 5.75 Å². The Morgan fingerprint density at radius 3 is 2.75 bits per heavy atom. The lowest BCUT2D eigenvalue weighted by Crippen LogP contribution is -2.32. The van der Waals surface area contributed by atoms with Crippen molar-refractivity contribution >= 4 is 36.2 Å². The molecular formula is C14H16INO3S. The number of rotatable bonds is 2. The molecule has 0 heterocycles. The van der Waals surface area contributed by atoms with Crippen LogP contribution in [0.15, 0.2) is 18.2 Å². The molecule has 0 aliphatic rings. The summed E-state index contributed by atoms with van der Waals surface area (Å²) >= 11 is 2.08. The molecule has 0 atom stereocenters. The lowest BCUT2D eigenvalue weighted by molar-refractivity contribution is 0.0523. The van der Waals surface area contributed by atoms with Crippen molar-refractivity contribution in [3.8, 4) is 16.9 Å². The summed E-state index contributed by atoms with van der Waals surface area (Å²) < 4.78 is 5.12. The van der Waals surface area contributed by atoms with Crippen LogP contribution < -0.4 is 5.32 Å². The molecule has 20 heavy (non-hydrogen) atoms. The lowest BCUT2D eigenvalue weighted by atomic mass is 10.1. The van der Waals surface area contributed by atoms with E-state index in [1.165, 1.54) is 8.93 Å². The van der Waals surface area contributed by atoms with Crippen molar-refractivity contribution < 1.29 is 14.6 Å². The zero-order valence-corrected chi connectivity index (χ0v) is 14.5. The summed E-state index contributed by atoms with van der Waals surface area (Å²) in [5, 5.41) is 15.3. The van der Waals surface area contributed by atoms with E-state index in [1.54, 1.807) is 39.0 Å². The SMILES string of the molecule is CC(C)(C)OC(=O)NCc1ccc(C#CSI)cc1O. The maximum atomic E-state index is 11.5. The number of phenols is 1. The Morgan fingerprint density at radius 1 is 1.50 bits per heavy atom. The molecule has 0 saturated heterocycles. The molecule has 108 valence electrons. The Labute approximate surface area is 135 Å². The second kappa shape index (κ2) is 7.64. The van der Waals surface area contributed by atoms with Gasteiger partial charge in [0.05, 0.1) is 0 Å². The lowest BCUT2D eigenvalue weighted by Gasteiger charge is -2.19. The minimum absolute atomic E-state index is 0.103. The number of aromatic hydroxyl groups is 1. The highest BCUT2D eigenvalue weighted by atomic mass is 127. The minimum atomic E-state index is -0.539. The Hall–Kier alpha value is -1.07. The van der Waals surface area contributed by atoms with Crippen LogP contribution >= 0.6 is 30.1 Å². The van der Waals surface area contributed by atoms with Crippen LogP contribution in [0, 0.1) is 11.2 Å². The summed E-state index contributed by atoms with van der Waals surface area (Å²) in [6.45, 7) is 5.59. The largest absolute Gasteiger partial charge is 0.508 e. The van der Waals surface area contributed by atoms with E-state index in [9.17, 15) is 9.90 Å². The molecule has 1 amide bonds. The fourth-order valence-corrected chi connectivity index (χ4v) is 1.84. The third kappa shape index (κ3) is 6.39. The van der Waals surface area contributed by atoms with Crippen molar-refractivity contribution in [2.45, 2.75) is 32.9 Å². The maximum absolute atomic E-state index is 11.5. The summed E-state index contributed by atoms with van der Waals surface area (Å²) in [5.41, 5.74) is 0.805. The molecule has 1 aromatic rings. The van der Waals surface area contributed by atoms with Crippen molar-refractivity contribution in [2.24, 2.45) is 0 Å². The van der Waals surface area contributed by atoms with E-state index in [-0.39, 0.29) is 12.3 Å². The van der Waals surface area contributed by atoms with Crippen LogP contribution in [-0.2, 0) is 11.3 Å². The Bertz CT molecular complexity index is 544. The maximum Gasteiger partial charge on any atom is 0.407 e. The van der Waals surface area contributed by atoms with Crippen LogP contribution in [0.25, 0.3) is 0 Å². The average Bonchev–Trinajstić information content (AvgIpc) is 2.33. The van der Waals surface area contributed by atoms with E-state index in [1.807, 2.05) is 0 Å². The number of benzene rings is 1. The molecule has 1 aromatic carbocycles. The topological polar surface area (TPSA) is 58.6 Å². The smallest absolute Gasteiger partial charge is 0.407 e. The first-order valence-electron chi connectivity index (χ1n) is 5.89. The van der Waals surface area contributed by atoms with Crippen LogP contribution in [0.4, 0.5) is 4.79 Å². The third-order valence-corrected chi connectivity index (χ3v) is 2.98. The molecule has 1 rings (SSSR count). The third-order valence-electron chi connectivity index (χ3n) is 2.14. The minimum Gasteiger partial charge on any atom is -0.508 e. The van der Waals surface area contributed by atoms with Gasteiger partial charge in [-0.25, -0.2) is 4.79 Å². The molecule has 4 nitrogen and oxygen atoms in total. The predicted octanol–water partition coefficient (Wildman–Crippen LogP) is 3.81. The summed E-state index contributed by atoms with van der Waals surface area (Å²) in [6, 6.07) is 5.10. The van der Waals surface area contributed by atoms with Gasteiger partial charge in [0.15, 0.2) is 0 Å². The first-order valence-corrected chi connectivity index (χ1v) is 9.25. The average molecular weight is 405 g/mol. The predicted molar refractivity (Wildman–Crippen MR) is 89.7 cm³/mol. The van der Waals surface area contributed by atoms with Crippen molar-refractivity contribution in [3.63, 3.8) is 0 Å². The van der Waals surface area contributed by atoms with Gasteiger partial charge in [0.2, 0.25) is 0 Å². The van der Waals surface area contributed by atoms with Crippen LogP contribution in [0.2, 0.25) is 0 Å². The van der Waals surface area contributed by atoms with Gasteiger partial charge < -0.3 is 15.2 Å². The van der Waals surface area contributed by atoms with Crippen molar-refractivity contribution in [3.05, 3.63) is 29.3 Å². The normalized spacial score (nSPS) is 10.4. The highest BCUT2D eigenvalue weighted by Gasteiger charge is 2.16. The van der Waals surface area contributed by atoms with Gasteiger partial charge in [0.1, 0.15) is 11.4 Å². The van der Waals surface area contributed by atoms with E-state index >= 15 is 0 Å². The van der Waals surface area contributed by atoms with E-state index in [0.717, 1.165) is 5.56 Å². The first kappa shape index (κ1) is 17.0. The Kier molecular flexibility index (Phi) is 6.49. The van der Waals surface area contributed by atoms with Crippen LogP contribution in [-0.4, -0.2) is 16.8 Å². The highest BCUT2D eigenvalue weighted by molar-refractivity contribution is 14.2. The van der Waals surface area contributed by atoms with Gasteiger partial charge in [0, 0.05) is 38.9 Å². The van der Waals surface area contributed by atoms with Crippen molar-refractivity contribution in [2.75, 3.05) is 0 Å². The molecule has 2 N–H and O–H groups in total. The summed E-state index contributed by atoms with van der Waals surface area (Å²) in [7, 11) is 1.38. The molecule has 0 fully saturated rings. The van der Waals surface area contributed by atoms with Gasteiger partial charge >= 0.3 is 6.09 Å². The van der Waals surface area contributed by atoms with Gasteiger partial charge in [-0.2, -0.15) is 0 Å². The quantitative estimate of drug-likeness (QED) is 0.581. The second-order valence-electron chi connectivity index (χ2n) is 5.00. The van der Waals surface area contributed by atoms with Crippen LogP contribution in [0.3, 0.4) is 0 Å². The number of nitrogens with one attached hydrogen (secondary N) is 1. The highest BCUT2D eigenvalue weighted by Crippen LogP contribution is 2.19. The van der Waals surface area contributed by atoms with E-state index in [0.29, 0.717) is 5.56 Å². The fourth-order valence-electron chi connectivity index (χ4n) is 1.35. The number of ether oxygens (including phenoxy) is 1. The molecule has 0 saturated carbocycles. The molecule has 0 aliphatic heterocycles. The number of carbonyl (C=O) groups is 1. The monoisotopic (exact) mass is 405 g/mol. The molecular weight excluding hydrogens is 389 g/mol. The molecule has 0 unspecified atom stereocenters. The van der Waals surface area contributed by atoms with Gasteiger partial charge in [-0.3, -0.25) is 0 Å². The molecule has 0 aromatic heterocycles. The Balaban J connectivity index is 2.63. The molecule has 0 radical (unpaired) electrons. The van der Waals surface area contributed by atoms with Crippen molar-refractivity contribution in [1.82, 2.24) is 5.32 Å². The second-order valence-corrected chi connectivity index (χ2v) is 6.68. The molecule has 0 spiro atoms. The fraction of sp³-hybridized carbons (Fsp3) is 0.357. The van der Waals surface area contributed by atoms with Gasteiger partial charge in [-0.1, -0.05) is 12.0 Å². The number of hydrogen-bond donors (Lipinski definition) is 2. The molecule has 6 heteroatoms. The zero-order chi connectivity index (χ0) is 15.2. The van der Waals surface area contributed by atoms with Gasteiger partial charge in [0.25, 0.3) is 0 Å². The van der Waals surface area contributed by atoms with E-state index in [2.05, 4.69) is 37.7 Å². The molecule has 0 aliphatic carbocycles. The number of carbonyl (C=O) groups excluding carboxylic acids is 1. The van der Waals surface area contributed by atoms with Gasteiger partial charge in [-0.05, 0) is 47.1 Å². The van der Waals surface area contributed by atoms with Crippen LogP contribution in [0.1, 0.15) is 31.9 Å². The molecule has 0 bridgehead atoms. The van der Waals surface area contributed by atoms with E-state index in [4.69, 9.17) is 4.74 Å². The number of halogens is 1. The zero-order valence-electron chi connectivity index (χ0n) is 11.5. The first-order chi connectivity index (χ1) is 9.31. The van der Waals surface area contributed by atoms with E-state index < -0.39 is 11.7 Å².